The van der Waals surface area contributed by atoms with Crippen molar-refractivity contribution in [2.45, 2.75) is 32.4 Å². The molecule has 10 heteroatoms. The van der Waals surface area contributed by atoms with E-state index in [9.17, 15) is 4.79 Å². The van der Waals surface area contributed by atoms with E-state index in [2.05, 4.69) is 33.3 Å². The number of hydrogen-bond donors (Lipinski definition) is 1. The summed E-state index contributed by atoms with van der Waals surface area (Å²) in [5.74, 6) is 1.58. The van der Waals surface area contributed by atoms with Crippen LogP contribution < -0.4 is 10.1 Å². The zero-order valence-electron chi connectivity index (χ0n) is 23.5. The summed E-state index contributed by atoms with van der Waals surface area (Å²) in [5.41, 5.74) is 4.49. The molecule has 4 heterocycles. The number of rotatable bonds is 10. The number of aryl methyl sites for hydroxylation is 1. The number of anilines is 1. The lowest BCUT2D eigenvalue weighted by Crippen LogP contribution is -2.28. The number of likely N-dealkylation sites (tertiary alicyclic amines) is 1. The number of pyridine rings is 1. The third-order valence-corrected chi connectivity index (χ3v) is 7.09. The van der Waals surface area contributed by atoms with Gasteiger partial charge >= 0.3 is 0 Å². The molecule has 4 aromatic rings. The predicted molar refractivity (Wildman–Crippen MR) is 156 cm³/mol. The van der Waals surface area contributed by atoms with Crippen LogP contribution in [0.4, 0.5) is 5.82 Å². The standard InChI is InChI=1S/C30H36N8O2/c1-5-21-17-22(11-12-25(21)40-19-23-9-6-7-14-32-23)28-27-29(31-2)33-20-34-30(27)38(35-28)24-13-16-37(18-24)26(39)10-8-15-36(3)4/h6-12,14,17,20,24H,5,13,15-16,18-19H2,1-4H3,(H,31,33,34)/b10-8+. The number of benzene rings is 1. The molecule has 0 aliphatic carbocycles. The number of carbonyl (C=O) groups is 1. The first kappa shape index (κ1) is 27.3. The minimum atomic E-state index is 0.0219. The van der Waals surface area contributed by atoms with E-state index in [1.807, 2.05) is 72.0 Å². The van der Waals surface area contributed by atoms with Crippen molar-refractivity contribution in [2.24, 2.45) is 0 Å². The molecule has 1 fully saturated rings. The molecule has 40 heavy (non-hydrogen) atoms. The number of carbonyl (C=O) groups excluding carboxylic acids is 1. The van der Waals surface area contributed by atoms with E-state index in [0.717, 1.165) is 64.5 Å². The number of fused-ring (bicyclic) bond motifs is 1. The molecule has 208 valence electrons. The van der Waals surface area contributed by atoms with Gasteiger partial charge in [-0.3, -0.25) is 9.78 Å². The highest BCUT2D eigenvalue weighted by Crippen LogP contribution is 2.36. The number of amides is 1. The topological polar surface area (TPSA) is 101 Å². The maximum Gasteiger partial charge on any atom is 0.246 e. The molecule has 1 N–H and O–H groups in total. The molecule has 1 unspecified atom stereocenters. The summed E-state index contributed by atoms with van der Waals surface area (Å²) in [6.45, 7) is 4.51. The third-order valence-electron chi connectivity index (χ3n) is 7.09. The van der Waals surface area contributed by atoms with Crippen LogP contribution in [0.5, 0.6) is 5.75 Å². The molecule has 1 aliphatic heterocycles. The highest BCUT2D eigenvalue weighted by Gasteiger charge is 2.30. The van der Waals surface area contributed by atoms with Gasteiger partial charge in [-0.05, 0) is 62.8 Å². The fourth-order valence-corrected chi connectivity index (χ4v) is 5.01. The molecule has 0 saturated carbocycles. The maximum atomic E-state index is 12.8. The Morgan fingerprint density at radius 2 is 2.08 bits per heavy atom. The van der Waals surface area contributed by atoms with Crippen molar-refractivity contribution in [2.75, 3.05) is 46.1 Å². The number of ether oxygens (including phenoxy) is 1. The summed E-state index contributed by atoms with van der Waals surface area (Å²) >= 11 is 0. The average molecular weight is 541 g/mol. The zero-order valence-corrected chi connectivity index (χ0v) is 23.5. The molecule has 0 bridgehead atoms. The van der Waals surface area contributed by atoms with Crippen molar-refractivity contribution in [3.63, 3.8) is 0 Å². The first-order valence-electron chi connectivity index (χ1n) is 13.7. The van der Waals surface area contributed by atoms with Crippen LogP contribution in [0.3, 0.4) is 0 Å². The van der Waals surface area contributed by atoms with Crippen LogP contribution in [0.2, 0.25) is 0 Å². The van der Waals surface area contributed by atoms with Gasteiger partial charge in [0.05, 0.1) is 17.1 Å². The molecular weight excluding hydrogens is 504 g/mol. The van der Waals surface area contributed by atoms with Crippen LogP contribution in [-0.4, -0.2) is 81.2 Å². The molecule has 3 aromatic heterocycles. The molecule has 0 radical (unpaired) electrons. The minimum Gasteiger partial charge on any atom is -0.487 e. The van der Waals surface area contributed by atoms with Gasteiger partial charge in [0.25, 0.3) is 0 Å². The van der Waals surface area contributed by atoms with Crippen molar-refractivity contribution in [1.82, 2.24) is 34.5 Å². The molecular formula is C30H36N8O2. The van der Waals surface area contributed by atoms with E-state index < -0.39 is 0 Å². The fourth-order valence-electron chi connectivity index (χ4n) is 5.01. The average Bonchev–Trinajstić information content (AvgIpc) is 3.62. The van der Waals surface area contributed by atoms with E-state index in [-0.39, 0.29) is 11.9 Å². The Morgan fingerprint density at radius 1 is 1.20 bits per heavy atom. The Balaban J connectivity index is 1.44. The Hall–Kier alpha value is -4.31. The van der Waals surface area contributed by atoms with Crippen molar-refractivity contribution in [1.29, 1.82) is 0 Å². The fraction of sp³-hybridized carbons (Fsp3) is 0.367. The molecule has 1 atom stereocenters. The van der Waals surface area contributed by atoms with Crippen LogP contribution in [0.15, 0.2) is 61.1 Å². The molecule has 0 spiro atoms. The largest absolute Gasteiger partial charge is 0.487 e. The zero-order chi connectivity index (χ0) is 28.1. The van der Waals surface area contributed by atoms with Gasteiger partial charge in [0, 0.05) is 44.5 Å². The highest BCUT2D eigenvalue weighted by molar-refractivity contribution is 5.99. The number of nitrogens with one attached hydrogen (secondary N) is 1. The summed E-state index contributed by atoms with van der Waals surface area (Å²) in [5, 5.41) is 9.16. The second-order valence-electron chi connectivity index (χ2n) is 10.1. The third kappa shape index (κ3) is 5.81. The molecule has 10 nitrogen and oxygen atoms in total. The maximum absolute atomic E-state index is 12.8. The molecule has 1 amide bonds. The van der Waals surface area contributed by atoms with Crippen LogP contribution >= 0.6 is 0 Å². The van der Waals surface area contributed by atoms with Crippen molar-refractivity contribution in [3.8, 4) is 17.0 Å². The van der Waals surface area contributed by atoms with Gasteiger partial charge in [0.1, 0.15) is 30.2 Å². The Bertz CT molecular complexity index is 1500. The Labute approximate surface area is 234 Å². The van der Waals surface area contributed by atoms with E-state index in [0.29, 0.717) is 19.7 Å². The van der Waals surface area contributed by atoms with Crippen molar-refractivity contribution in [3.05, 3.63) is 72.3 Å². The van der Waals surface area contributed by atoms with Crippen LogP contribution in [0.1, 0.15) is 30.6 Å². The molecule has 1 aromatic carbocycles. The number of likely N-dealkylation sites (N-methyl/N-ethyl adjacent to an activating group) is 1. The molecule has 1 saturated heterocycles. The van der Waals surface area contributed by atoms with Gasteiger partial charge in [0.2, 0.25) is 5.91 Å². The SMILES string of the molecule is CCc1cc(-c2nn(C3CCN(C(=O)/C=C/CN(C)C)C3)c3ncnc(NC)c23)ccc1OCc1ccccn1. The molecule has 5 rings (SSSR count). The summed E-state index contributed by atoms with van der Waals surface area (Å²) in [7, 11) is 5.81. The van der Waals surface area contributed by atoms with Gasteiger partial charge in [-0.2, -0.15) is 5.10 Å². The van der Waals surface area contributed by atoms with Gasteiger partial charge in [-0.15, -0.1) is 0 Å². The summed E-state index contributed by atoms with van der Waals surface area (Å²) in [4.78, 5) is 30.2. The minimum absolute atomic E-state index is 0.0219. The second kappa shape index (κ2) is 12.3. The lowest BCUT2D eigenvalue weighted by Gasteiger charge is -2.15. The lowest BCUT2D eigenvalue weighted by atomic mass is 10.0. The number of nitrogens with zero attached hydrogens (tertiary/aromatic N) is 7. The van der Waals surface area contributed by atoms with E-state index in [1.54, 1.807) is 18.6 Å². The first-order chi connectivity index (χ1) is 19.5. The van der Waals surface area contributed by atoms with Gasteiger partial charge in [-0.1, -0.05) is 19.1 Å². The van der Waals surface area contributed by atoms with Gasteiger partial charge in [-0.25, -0.2) is 14.6 Å². The summed E-state index contributed by atoms with van der Waals surface area (Å²) < 4.78 is 8.10. The van der Waals surface area contributed by atoms with E-state index >= 15 is 0 Å². The number of hydrogen-bond acceptors (Lipinski definition) is 8. The lowest BCUT2D eigenvalue weighted by molar-refractivity contribution is -0.125. The normalized spacial score (nSPS) is 15.4. The monoisotopic (exact) mass is 540 g/mol. The van der Waals surface area contributed by atoms with Crippen molar-refractivity contribution >= 4 is 22.8 Å². The Kier molecular flexibility index (Phi) is 8.35. The second-order valence-corrected chi connectivity index (χ2v) is 10.1. The van der Waals surface area contributed by atoms with Crippen LogP contribution in [0.25, 0.3) is 22.3 Å². The Morgan fingerprint density at radius 3 is 2.83 bits per heavy atom. The number of aromatic nitrogens is 5. The van der Waals surface area contributed by atoms with E-state index in [1.165, 1.54) is 0 Å². The van der Waals surface area contributed by atoms with E-state index in [4.69, 9.17) is 9.84 Å². The first-order valence-corrected chi connectivity index (χ1v) is 13.7. The highest BCUT2D eigenvalue weighted by atomic mass is 16.5. The summed E-state index contributed by atoms with van der Waals surface area (Å²) in [6.07, 6.45) is 8.51. The van der Waals surface area contributed by atoms with Crippen LogP contribution in [0, 0.1) is 0 Å². The summed E-state index contributed by atoms with van der Waals surface area (Å²) in [6, 6.07) is 12.0. The molecule has 1 aliphatic rings. The van der Waals surface area contributed by atoms with Crippen LogP contribution in [-0.2, 0) is 17.8 Å². The smallest absolute Gasteiger partial charge is 0.246 e. The van der Waals surface area contributed by atoms with Crippen molar-refractivity contribution < 1.29 is 9.53 Å². The quantitative estimate of drug-likeness (QED) is 0.302. The predicted octanol–water partition coefficient (Wildman–Crippen LogP) is 3.96. The van der Waals surface area contributed by atoms with Gasteiger partial charge in [0.15, 0.2) is 5.65 Å². The van der Waals surface area contributed by atoms with Gasteiger partial charge < -0.3 is 19.9 Å².